The van der Waals surface area contributed by atoms with Crippen molar-refractivity contribution in [1.29, 1.82) is 0 Å². The first-order valence-corrected chi connectivity index (χ1v) is 3.02. The Balaban J connectivity index is 2.58. The molecule has 1 heterocycles. The van der Waals surface area contributed by atoms with E-state index in [0.717, 1.165) is 0 Å². The third kappa shape index (κ3) is 1.37. The Morgan fingerprint density at radius 3 is 3.30 bits per heavy atom. The maximum Gasteiger partial charge on any atom is 0.208 e. The van der Waals surface area contributed by atoms with Crippen LogP contribution in [0.4, 0.5) is 0 Å². The predicted molar refractivity (Wildman–Crippen MR) is 40.5 cm³/mol. The highest BCUT2D eigenvalue weighted by Crippen LogP contribution is 1.99. The standard InChI is InChI=1S/C7H10N2O/c1-3-9-5-4-8-7(6-9)10-2/h3-5H,1,6H2,2H3. The van der Waals surface area contributed by atoms with Crippen molar-refractivity contribution in [3.05, 3.63) is 25.2 Å². The number of ether oxygens (including phenoxy) is 1. The van der Waals surface area contributed by atoms with Crippen LogP contribution in [0.3, 0.4) is 0 Å². The van der Waals surface area contributed by atoms with Gasteiger partial charge in [-0.3, -0.25) is 0 Å². The van der Waals surface area contributed by atoms with Gasteiger partial charge in [-0.05, 0) is 6.20 Å². The minimum atomic E-state index is 0.677. The van der Waals surface area contributed by atoms with Crippen LogP contribution in [0.1, 0.15) is 0 Å². The molecule has 1 aliphatic heterocycles. The minimum Gasteiger partial charge on any atom is -0.483 e. The molecule has 3 nitrogen and oxygen atoms in total. The van der Waals surface area contributed by atoms with Gasteiger partial charge in [-0.2, -0.15) is 0 Å². The Bertz CT molecular complexity index is 184. The SMILES string of the molecule is C=CN1C=CN=C(OC)C1. The molecular weight excluding hydrogens is 128 g/mol. The largest absolute Gasteiger partial charge is 0.483 e. The van der Waals surface area contributed by atoms with E-state index in [0.29, 0.717) is 12.4 Å². The highest BCUT2D eigenvalue weighted by atomic mass is 16.5. The molecule has 0 aromatic carbocycles. The first kappa shape index (κ1) is 6.86. The molecule has 0 unspecified atom stereocenters. The second-order valence-corrected chi connectivity index (χ2v) is 1.88. The second kappa shape index (κ2) is 3.06. The van der Waals surface area contributed by atoms with Crippen LogP contribution in [0.2, 0.25) is 0 Å². The predicted octanol–water partition coefficient (Wildman–Crippen LogP) is 0.962. The van der Waals surface area contributed by atoms with Gasteiger partial charge in [-0.1, -0.05) is 6.58 Å². The van der Waals surface area contributed by atoms with Crippen LogP contribution in [0, 0.1) is 0 Å². The molecule has 0 N–H and O–H groups in total. The van der Waals surface area contributed by atoms with Crippen LogP contribution in [0.25, 0.3) is 0 Å². The molecule has 0 spiro atoms. The molecule has 0 bridgehead atoms. The maximum absolute atomic E-state index is 4.93. The van der Waals surface area contributed by atoms with Crippen LogP contribution in [0.5, 0.6) is 0 Å². The molecular formula is C7H10N2O. The van der Waals surface area contributed by atoms with Crippen molar-refractivity contribution in [2.24, 2.45) is 4.99 Å². The minimum absolute atomic E-state index is 0.677. The van der Waals surface area contributed by atoms with Gasteiger partial charge in [0.05, 0.1) is 13.7 Å². The molecule has 54 valence electrons. The zero-order chi connectivity index (χ0) is 7.40. The van der Waals surface area contributed by atoms with Gasteiger partial charge in [-0.25, -0.2) is 4.99 Å². The average molecular weight is 138 g/mol. The lowest BCUT2D eigenvalue weighted by Gasteiger charge is -2.17. The second-order valence-electron chi connectivity index (χ2n) is 1.88. The monoisotopic (exact) mass is 138 g/mol. The van der Waals surface area contributed by atoms with Gasteiger partial charge in [0.1, 0.15) is 0 Å². The molecule has 0 aromatic heterocycles. The Hall–Kier alpha value is -1.25. The van der Waals surface area contributed by atoms with E-state index in [-0.39, 0.29) is 0 Å². The first-order chi connectivity index (χ1) is 4.86. The van der Waals surface area contributed by atoms with E-state index < -0.39 is 0 Å². The van der Waals surface area contributed by atoms with E-state index in [4.69, 9.17) is 4.74 Å². The molecule has 0 aromatic rings. The number of nitrogens with zero attached hydrogens (tertiary/aromatic N) is 2. The van der Waals surface area contributed by atoms with E-state index in [1.807, 2.05) is 11.1 Å². The normalized spacial score (nSPS) is 16.5. The van der Waals surface area contributed by atoms with E-state index in [2.05, 4.69) is 11.6 Å². The Morgan fingerprint density at radius 2 is 2.70 bits per heavy atom. The lowest BCUT2D eigenvalue weighted by molar-refractivity contribution is 0.371. The number of hydrogen-bond acceptors (Lipinski definition) is 3. The molecule has 1 rings (SSSR count). The quantitative estimate of drug-likeness (QED) is 0.539. The Morgan fingerprint density at radius 1 is 1.90 bits per heavy atom. The van der Waals surface area contributed by atoms with E-state index in [1.54, 1.807) is 19.5 Å². The van der Waals surface area contributed by atoms with E-state index >= 15 is 0 Å². The fraction of sp³-hybridized carbons (Fsp3) is 0.286. The molecule has 1 aliphatic rings. The molecule has 0 radical (unpaired) electrons. The van der Waals surface area contributed by atoms with Crippen LogP contribution < -0.4 is 0 Å². The summed E-state index contributed by atoms with van der Waals surface area (Å²) in [5.41, 5.74) is 0. The summed E-state index contributed by atoms with van der Waals surface area (Å²) in [4.78, 5) is 5.87. The van der Waals surface area contributed by atoms with Crippen molar-refractivity contribution < 1.29 is 4.74 Å². The molecule has 0 saturated carbocycles. The van der Waals surface area contributed by atoms with Crippen molar-refractivity contribution in [2.75, 3.05) is 13.7 Å². The maximum atomic E-state index is 4.93. The van der Waals surface area contributed by atoms with Gasteiger partial charge in [-0.15, -0.1) is 0 Å². The lowest BCUT2D eigenvalue weighted by atomic mass is 10.5. The lowest BCUT2D eigenvalue weighted by Crippen LogP contribution is -2.23. The third-order valence-electron chi connectivity index (χ3n) is 1.26. The number of aliphatic imine (C=N–C) groups is 1. The number of hydrogen-bond donors (Lipinski definition) is 0. The van der Waals surface area contributed by atoms with Crippen molar-refractivity contribution in [1.82, 2.24) is 4.90 Å². The molecule has 0 amide bonds. The fourth-order valence-electron chi connectivity index (χ4n) is 0.694. The summed E-state index contributed by atoms with van der Waals surface area (Å²) < 4.78 is 4.93. The number of methoxy groups -OCH3 is 1. The van der Waals surface area contributed by atoms with Crippen LogP contribution >= 0.6 is 0 Å². The van der Waals surface area contributed by atoms with Gasteiger partial charge in [0.25, 0.3) is 0 Å². The van der Waals surface area contributed by atoms with E-state index in [9.17, 15) is 0 Å². The van der Waals surface area contributed by atoms with Gasteiger partial charge in [0.2, 0.25) is 5.90 Å². The fourth-order valence-corrected chi connectivity index (χ4v) is 0.694. The highest BCUT2D eigenvalue weighted by Gasteiger charge is 2.04. The smallest absolute Gasteiger partial charge is 0.208 e. The molecule has 10 heavy (non-hydrogen) atoms. The van der Waals surface area contributed by atoms with Crippen molar-refractivity contribution in [2.45, 2.75) is 0 Å². The van der Waals surface area contributed by atoms with Gasteiger partial charge in [0, 0.05) is 12.4 Å². The molecule has 0 fully saturated rings. The summed E-state index contributed by atoms with van der Waals surface area (Å²) in [5.74, 6) is 0.711. The summed E-state index contributed by atoms with van der Waals surface area (Å²) in [6.07, 6.45) is 5.25. The number of rotatable bonds is 1. The Kier molecular flexibility index (Phi) is 2.10. The summed E-state index contributed by atoms with van der Waals surface area (Å²) >= 11 is 0. The van der Waals surface area contributed by atoms with Crippen LogP contribution in [0.15, 0.2) is 30.2 Å². The van der Waals surface area contributed by atoms with Crippen molar-refractivity contribution >= 4 is 5.90 Å². The first-order valence-electron chi connectivity index (χ1n) is 3.02. The third-order valence-corrected chi connectivity index (χ3v) is 1.26. The van der Waals surface area contributed by atoms with Crippen molar-refractivity contribution in [3.8, 4) is 0 Å². The summed E-state index contributed by atoms with van der Waals surface area (Å²) in [6.45, 7) is 4.29. The van der Waals surface area contributed by atoms with Crippen LogP contribution in [-0.2, 0) is 4.74 Å². The summed E-state index contributed by atoms with van der Waals surface area (Å²) in [5, 5.41) is 0. The topological polar surface area (TPSA) is 24.8 Å². The molecule has 0 aliphatic carbocycles. The molecule has 0 atom stereocenters. The highest BCUT2D eigenvalue weighted by molar-refractivity contribution is 5.79. The molecule has 0 saturated heterocycles. The summed E-state index contributed by atoms with van der Waals surface area (Å²) in [7, 11) is 1.61. The zero-order valence-corrected chi connectivity index (χ0v) is 5.95. The van der Waals surface area contributed by atoms with E-state index in [1.165, 1.54) is 0 Å². The summed E-state index contributed by atoms with van der Waals surface area (Å²) in [6, 6.07) is 0. The molecule has 3 heteroatoms. The van der Waals surface area contributed by atoms with Gasteiger partial charge < -0.3 is 9.64 Å². The Labute approximate surface area is 60.3 Å². The average Bonchev–Trinajstić information content (AvgIpc) is 2.05. The van der Waals surface area contributed by atoms with Gasteiger partial charge in [0.15, 0.2) is 0 Å². The van der Waals surface area contributed by atoms with Crippen LogP contribution in [-0.4, -0.2) is 24.5 Å². The zero-order valence-electron chi connectivity index (χ0n) is 5.95. The van der Waals surface area contributed by atoms with Crippen molar-refractivity contribution in [3.63, 3.8) is 0 Å². The van der Waals surface area contributed by atoms with Gasteiger partial charge >= 0.3 is 0 Å².